The Kier molecular flexibility index (Phi) is 3.25. The van der Waals surface area contributed by atoms with E-state index in [1.807, 2.05) is 4.98 Å². The molecule has 1 fully saturated rings. The van der Waals surface area contributed by atoms with E-state index in [2.05, 4.69) is 0 Å². The van der Waals surface area contributed by atoms with Crippen LogP contribution in [0.2, 0.25) is 0 Å². The quantitative estimate of drug-likeness (QED) is 0.483. The third-order valence-electron chi connectivity index (χ3n) is 2.75. The number of aliphatic hydroxyl groups is 3. The van der Waals surface area contributed by atoms with E-state index in [0.29, 0.717) is 0 Å². The molecule has 7 heteroatoms. The second-order valence-corrected chi connectivity index (χ2v) is 3.85. The Morgan fingerprint density at radius 2 is 2.06 bits per heavy atom. The molecule has 0 aromatic carbocycles. The Bertz CT molecular complexity index is 462. The van der Waals surface area contributed by atoms with E-state index in [-0.39, 0.29) is 5.56 Å². The van der Waals surface area contributed by atoms with Crippen LogP contribution < -0.4 is 5.56 Å². The van der Waals surface area contributed by atoms with Crippen LogP contribution in [0, 0.1) is 5.95 Å². The zero-order valence-electron chi connectivity index (χ0n) is 8.71. The maximum atomic E-state index is 13.4. The average molecular weight is 245 g/mol. The summed E-state index contributed by atoms with van der Waals surface area (Å²) in [5.41, 5.74) is -0.676. The van der Waals surface area contributed by atoms with E-state index in [1.54, 1.807) is 0 Å². The van der Waals surface area contributed by atoms with Crippen LogP contribution in [0.5, 0.6) is 0 Å². The first kappa shape index (κ1) is 12.2. The van der Waals surface area contributed by atoms with Gasteiger partial charge in [0, 0.05) is 11.6 Å². The fraction of sp³-hybridized carbons (Fsp3) is 0.500. The van der Waals surface area contributed by atoms with E-state index in [4.69, 9.17) is 9.84 Å². The number of hydrogen-bond donors (Lipinski definition) is 4. The van der Waals surface area contributed by atoms with Gasteiger partial charge in [-0.1, -0.05) is 0 Å². The molecule has 0 unspecified atom stereocenters. The number of aromatic nitrogens is 1. The van der Waals surface area contributed by atoms with Crippen molar-refractivity contribution in [1.82, 2.24) is 4.98 Å². The molecule has 0 aliphatic carbocycles. The third-order valence-corrected chi connectivity index (χ3v) is 2.75. The van der Waals surface area contributed by atoms with Crippen LogP contribution in [0.4, 0.5) is 4.39 Å². The van der Waals surface area contributed by atoms with Crippen molar-refractivity contribution in [3.05, 3.63) is 34.0 Å². The Morgan fingerprint density at radius 3 is 2.59 bits per heavy atom. The molecule has 1 aromatic heterocycles. The lowest BCUT2D eigenvalue weighted by Crippen LogP contribution is -2.32. The van der Waals surface area contributed by atoms with Crippen molar-refractivity contribution in [2.45, 2.75) is 24.4 Å². The van der Waals surface area contributed by atoms with E-state index in [9.17, 15) is 19.4 Å². The van der Waals surface area contributed by atoms with Crippen molar-refractivity contribution in [2.75, 3.05) is 6.61 Å². The first-order chi connectivity index (χ1) is 8.04. The van der Waals surface area contributed by atoms with Gasteiger partial charge in [0.25, 0.3) is 0 Å². The zero-order valence-corrected chi connectivity index (χ0v) is 8.71. The molecule has 2 heterocycles. The molecule has 17 heavy (non-hydrogen) atoms. The summed E-state index contributed by atoms with van der Waals surface area (Å²) < 4.78 is 18.6. The second kappa shape index (κ2) is 4.53. The molecule has 1 aromatic rings. The molecule has 1 saturated heterocycles. The molecule has 0 radical (unpaired) electrons. The van der Waals surface area contributed by atoms with Gasteiger partial charge in [-0.15, -0.1) is 0 Å². The number of halogens is 1. The number of pyridine rings is 1. The van der Waals surface area contributed by atoms with Gasteiger partial charge in [0.15, 0.2) is 5.95 Å². The minimum atomic E-state index is -1.35. The number of H-pyrrole nitrogens is 1. The van der Waals surface area contributed by atoms with Crippen molar-refractivity contribution < 1.29 is 24.4 Å². The molecule has 1 aliphatic rings. The SMILES string of the molecule is O=c1ccc([C@@H]2O[C@H](CO)[C@H](O)[C@@H]2O)c(F)[nH]1. The van der Waals surface area contributed by atoms with Gasteiger partial charge in [-0.3, -0.25) is 9.78 Å². The normalized spacial score (nSPS) is 32.9. The van der Waals surface area contributed by atoms with Crippen LogP contribution in [-0.2, 0) is 4.74 Å². The van der Waals surface area contributed by atoms with E-state index in [1.165, 1.54) is 6.07 Å². The first-order valence-electron chi connectivity index (χ1n) is 5.05. The molecule has 4 atom stereocenters. The largest absolute Gasteiger partial charge is 0.394 e. The van der Waals surface area contributed by atoms with Gasteiger partial charge in [-0.2, -0.15) is 4.39 Å². The smallest absolute Gasteiger partial charge is 0.250 e. The molecule has 1 aliphatic heterocycles. The summed E-state index contributed by atoms with van der Waals surface area (Å²) >= 11 is 0. The van der Waals surface area contributed by atoms with Crippen molar-refractivity contribution >= 4 is 0 Å². The number of nitrogens with one attached hydrogen (secondary N) is 1. The lowest BCUT2D eigenvalue weighted by atomic mass is 10.0. The maximum absolute atomic E-state index is 13.4. The lowest BCUT2D eigenvalue weighted by molar-refractivity contribution is -0.0238. The summed E-state index contributed by atoms with van der Waals surface area (Å²) in [6.07, 6.45) is -4.73. The number of rotatable bonds is 2. The van der Waals surface area contributed by atoms with Gasteiger partial charge in [0.1, 0.15) is 24.4 Å². The number of hydrogen-bond acceptors (Lipinski definition) is 5. The molecule has 2 rings (SSSR count). The minimum Gasteiger partial charge on any atom is -0.394 e. The molecule has 94 valence electrons. The Hall–Kier alpha value is -1.28. The number of aliphatic hydroxyl groups excluding tert-OH is 3. The molecule has 0 spiro atoms. The highest BCUT2D eigenvalue weighted by Gasteiger charge is 2.44. The summed E-state index contributed by atoms with van der Waals surface area (Å²) in [6.45, 7) is -0.486. The van der Waals surface area contributed by atoms with Gasteiger partial charge in [-0.25, -0.2) is 0 Å². The van der Waals surface area contributed by atoms with Crippen LogP contribution in [0.15, 0.2) is 16.9 Å². The van der Waals surface area contributed by atoms with Crippen LogP contribution in [0.3, 0.4) is 0 Å². The summed E-state index contributed by atoms with van der Waals surface area (Å²) in [6, 6.07) is 2.27. The molecular formula is C10H12FNO5. The van der Waals surface area contributed by atoms with Gasteiger partial charge in [0.05, 0.1) is 6.61 Å². The molecule has 0 bridgehead atoms. The van der Waals surface area contributed by atoms with Gasteiger partial charge in [0.2, 0.25) is 5.56 Å². The highest BCUT2D eigenvalue weighted by atomic mass is 19.1. The standard InChI is InChI=1S/C10H12FNO5/c11-10-4(1-2-6(14)12-10)9-8(16)7(15)5(3-13)17-9/h1-2,5,7-9,13,15-16H,3H2,(H,12,14)/t5-,7+,8+,9+/m1/s1. The summed E-state index contributed by atoms with van der Waals surface area (Å²) in [7, 11) is 0. The van der Waals surface area contributed by atoms with Crippen LogP contribution in [-0.4, -0.2) is 45.2 Å². The van der Waals surface area contributed by atoms with E-state index < -0.39 is 42.5 Å². The predicted molar refractivity (Wildman–Crippen MR) is 53.7 cm³/mol. The second-order valence-electron chi connectivity index (χ2n) is 3.85. The Balaban J connectivity index is 2.32. The van der Waals surface area contributed by atoms with Crippen LogP contribution in [0.1, 0.15) is 11.7 Å². The Morgan fingerprint density at radius 1 is 1.35 bits per heavy atom. The van der Waals surface area contributed by atoms with E-state index >= 15 is 0 Å². The number of ether oxygens (including phenoxy) is 1. The lowest BCUT2D eigenvalue weighted by Gasteiger charge is -2.14. The van der Waals surface area contributed by atoms with Crippen LogP contribution >= 0.6 is 0 Å². The fourth-order valence-corrected chi connectivity index (χ4v) is 1.84. The van der Waals surface area contributed by atoms with Crippen molar-refractivity contribution in [3.8, 4) is 0 Å². The van der Waals surface area contributed by atoms with Crippen molar-refractivity contribution in [3.63, 3.8) is 0 Å². The topological polar surface area (TPSA) is 103 Å². The average Bonchev–Trinajstić information content (AvgIpc) is 2.57. The predicted octanol–water partition coefficient (Wildman–Crippen LogP) is -1.33. The maximum Gasteiger partial charge on any atom is 0.250 e. The highest BCUT2D eigenvalue weighted by molar-refractivity contribution is 5.18. The highest BCUT2D eigenvalue weighted by Crippen LogP contribution is 2.33. The first-order valence-corrected chi connectivity index (χ1v) is 5.05. The van der Waals surface area contributed by atoms with E-state index in [0.717, 1.165) is 6.07 Å². The molecule has 4 N–H and O–H groups in total. The Labute approximate surface area is 95.3 Å². The summed E-state index contributed by atoms with van der Waals surface area (Å²) in [5.74, 6) is -0.924. The molecular weight excluding hydrogens is 233 g/mol. The molecule has 0 saturated carbocycles. The molecule has 6 nitrogen and oxygen atoms in total. The third kappa shape index (κ3) is 2.09. The summed E-state index contributed by atoms with van der Waals surface area (Å²) in [5, 5.41) is 28.1. The van der Waals surface area contributed by atoms with Gasteiger partial charge in [-0.05, 0) is 6.07 Å². The van der Waals surface area contributed by atoms with Gasteiger partial charge >= 0.3 is 0 Å². The van der Waals surface area contributed by atoms with Crippen molar-refractivity contribution in [2.24, 2.45) is 0 Å². The number of aromatic amines is 1. The van der Waals surface area contributed by atoms with Crippen molar-refractivity contribution in [1.29, 1.82) is 0 Å². The zero-order chi connectivity index (χ0) is 12.6. The molecule has 0 amide bonds. The summed E-state index contributed by atoms with van der Waals surface area (Å²) in [4.78, 5) is 12.8. The minimum absolute atomic E-state index is 0.0629. The fourth-order valence-electron chi connectivity index (χ4n) is 1.84. The monoisotopic (exact) mass is 245 g/mol. The van der Waals surface area contributed by atoms with Crippen LogP contribution in [0.25, 0.3) is 0 Å². The van der Waals surface area contributed by atoms with Gasteiger partial charge < -0.3 is 20.1 Å².